The highest BCUT2D eigenvalue weighted by atomic mass is 19.4. The number of aryl methyl sites for hydroxylation is 1. The SMILES string of the molecule is COc1ccc(-n2cc(C(F)(F)F)cn2)c(C)c1. The zero-order valence-corrected chi connectivity index (χ0v) is 9.82. The van der Waals surface area contributed by atoms with Crippen LogP contribution in [0.5, 0.6) is 5.75 Å². The molecule has 1 heterocycles. The van der Waals surface area contributed by atoms with Gasteiger partial charge in [-0.2, -0.15) is 18.3 Å². The second-order valence-electron chi connectivity index (χ2n) is 3.82. The van der Waals surface area contributed by atoms with Crippen molar-refractivity contribution in [2.75, 3.05) is 7.11 Å². The van der Waals surface area contributed by atoms with E-state index in [1.807, 2.05) is 0 Å². The van der Waals surface area contributed by atoms with Crippen LogP contribution in [0.3, 0.4) is 0 Å². The number of alkyl halides is 3. The lowest BCUT2D eigenvalue weighted by atomic mass is 10.2. The van der Waals surface area contributed by atoms with Gasteiger partial charge in [-0.15, -0.1) is 0 Å². The zero-order chi connectivity index (χ0) is 13.3. The summed E-state index contributed by atoms with van der Waals surface area (Å²) in [5.41, 5.74) is 0.607. The maximum atomic E-state index is 12.5. The van der Waals surface area contributed by atoms with Crippen molar-refractivity contribution in [2.24, 2.45) is 0 Å². The van der Waals surface area contributed by atoms with Crippen LogP contribution in [-0.2, 0) is 6.18 Å². The number of benzene rings is 1. The van der Waals surface area contributed by atoms with E-state index in [9.17, 15) is 13.2 Å². The van der Waals surface area contributed by atoms with Crippen LogP contribution in [-0.4, -0.2) is 16.9 Å². The number of nitrogens with zero attached hydrogens (tertiary/aromatic N) is 2. The van der Waals surface area contributed by atoms with Crippen molar-refractivity contribution < 1.29 is 17.9 Å². The normalized spacial score (nSPS) is 11.6. The number of ether oxygens (including phenoxy) is 1. The Kier molecular flexibility index (Phi) is 3.02. The molecule has 2 aromatic rings. The van der Waals surface area contributed by atoms with Gasteiger partial charge in [0, 0.05) is 6.20 Å². The van der Waals surface area contributed by atoms with Crippen LogP contribution in [0.4, 0.5) is 13.2 Å². The van der Waals surface area contributed by atoms with E-state index in [2.05, 4.69) is 5.10 Å². The third kappa shape index (κ3) is 2.32. The number of aromatic nitrogens is 2. The maximum Gasteiger partial charge on any atom is 0.419 e. The van der Waals surface area contributed by atoms with Gasteiger partial charge in [-0.05, 0) is 30.7 Å². The second kappa shape index (κ2) is 4.36. The summed E-state index contributed by atoms with van der Waals surface area (Å²) in [5.74, 6) is 0.652. The van der Waals surface area contributed by atoms with Crippen molar-refractivity contribution in [3.63, 3.8) is 0 Å². The van der Waals surface area contributed by atoms with Gasteiger partial charge in [-0.3, -0.25) is 0 Å². The first-order chi connectivity index (χ1) is 8.41. The van der Waals surface area contributed by atoms with Crippen molar-refractivity contribution in [3.05, 3.63) is 41.7 Å². The van der Waals surface area contributed by atoms with Gasteiger partial charge >= 0.3 is 6.18 Å². The fourth-order valence-electron chi connectivity index (χ4n) is 1.61. The summed E-state index contributed by atoms with van der Waals surface area (Å²) >= 11 is 0. The minimum Gasteiger partial charge on any atom is -0.497 e. The Balaban J connectivity index is 2.40. The van der Waals surface area contributed by atoms with Gasteiger partial charge in [-0.25, -0.2) is 4.68 Å². The van der Waals surface area contributed by atoms with E-state index >= 15 is 0 Å². The van der Waals surface area contributed by atoms with Crippen molar-refractivity contribution >= 4 is 0 Å². The summed E-state index contributed by atoms with van der Waals surface area (Å²) in [5, 5.41) is 3.73. The maximum absolute atomic E-state index is 12.5. The van der Waals surface area contributed by atoms with Crippen LogP contribution in [0, 0.1) is 6.92 Å². The number of rotatable bonds is 2. The van der Waals surface area contributed by atoms with E-state index in [-0.39, 0.29) is 0 Å². The molecule has 1 aromatic carbocycles. The molecule has 96 valence electrons. The van der Waals surface area contributed by atoms with E-state index in [1.165, 1.54) is 11.8 Å². The molecule has 0 atom stereocenters. The number of hydrogen-bond acceptors (Lipinski definition) is 2. The van der Waals surface area contributed by atoms with Crippen LogP contribution in [0.25, 0.3) is 5.69 Å². The molecule has 0 saturated carbocycles. The Hall–Kier alpha value is -1.98. The monoisotopic (exact) mass is 256 g/mol. The van der Waals surface area contributed by atoms with Crippen LogP contribution >= 0.6 is 0 Å². The molecule has 3 nitrogen and oxygen atoms in total. The van der Waals surface area contributed by atoms with E-state index in [4.69, 9.17) is 4.74 Å². The highest BCUT2D eigenvalue weighted by molar-refractivity contribution is 5.44. The minimum absolute atomic E-state index is 0.589. The molecule has 18 heavy (non-hydrogen) atoms. The average Bonchev–Trinajstić information content (AvgIpc) is 2.77. The van der Waals surface area contributed by atoms with Crippen molar-refractivity contribution in [3.8, 4) is 11.4 Å². The van der Waals surface area contributed by atoms with Crippen LogP contribution in [0.1, 0.15) is 11.1 Å². The Morgan fingerprint density at radius 1 is 1.28 bits per heavy atom. The summed E-state index contributed by atoms with van der Waals surface area (Å²) < 4.78 is 43.6. The standard InChI is InChI=1S/C12H11F3N2O/c1-8-5-10(18-2)3-4-11(8)17-7-9(6-16-17)12(13,14)15/h3-7H,1-2H3. The molecule has 0 aliphatic carbocycles. The third-order valence-electron chi connectivity index (χ3n) is 2.56. The van der Waals surface area contributed by atoms with E-state index in [0.717, 1.165) is 18.0 Å². The molecule has 1 aromatic heterocycles. The Labute approximate surface area is 102 Å². The van der Waals surface area contributed by atoms with Gasteiger partial charge in [0.25, 0.3) is 0 Å². The fraction of sp³-hybridized carbons (Fsp3) is 0.250. The van der Waals surface area contributed by atoms with E-state index in [1.54, 1.807) is 25.1 Å². The molecule has 2 rings (SSSR count). The molecule has 6 heteroatoms. The number of halogens is 3. The summed E-state index contributed by atoms with van der Waals surface area (Å²) in [6.45, 7) is 1.78. The Morgan fingerprint density at radius 2 is 2.00 bits per heavy atom. The van der Waals surface area contributed by atoms with Crippen molar-refractivity contribution in [1.82, 2.24) is 9.78 Å². The van der Waals surface area contributed by atoms with Gasteiger partial charge in [0.1, 0.15) is 5.75 Å². The third-order valence-corrected chi connectivity index (χ3v) is 2.56. The molecular weight excluding hydrogens is 245 g/mol. The summed E-state index contributed by atoms with van der Waals surface area (Å²) in [4.78, 5) is 0. The highest BCUT2D eigenvalue weighted by Gasteiger charge is 2.32. The van der Waals surface area contributed by atoms with Gasteiger partial charge in [0.15, 0.2) is 0 Å². The predicted octanol–water partition coefficient (Wildman–Crippen LogP) is 3.21. The first-order valence-electron chi connectivity index (χ1n) is 5.18. The lowest BCUT2D eigenvalue weighted by Gasteiger charge is -2.08. The van der Waals surface area contributed by atoms with Gasteiger partial charge < -0.3 is 4.74 Å². The Bertz CT molecular complexity index is 561. The van der Waals surface area contributed by atoms with Crippen molar-refractivity contribution in [1.29, 1.82) is 0 Å². The largest absolute Gasteiger partial charge is 0.497 e. The average molecular weight is 256 g/mol. The molecule has 0 radical (unpaired) electrons. The lowest BCUT2D eigenvalue weighted by molar-refractivity contribution is -0.137. The predicted molar refractivity (Wildman–Crippen MR) is 59.9 cm³/mol. The quantitative estimate of drug-likeness (QED) is 0.825. The topological polar surface area (TPSA) is 27.1 Å². The molecule has 0 aliphatic heterocycles. The fourth-order valence-corrected chi connectivity index (χ4v) is 1.61. The van der Waals surface area contributed by atoms with Gasteiger partial charge in [0.2, 0.25) is 0 Å². The van der Waals surface area contributed by atoms with E-state index in [0.29, 0.717) is 11.4 Å². The molecule has 0 N–H and O–H groups in total. The lowest BCUT2D eigenvalue weighted by Crippen LogP contribution is -2.03. The smallest absolute Gasteiger partial charge is 0.419 e. The van der Waals surface area contributed by atoms with Gasteiger partial charge in [0.05, 0.1) is 24.6 Å². The summed E-state index contributed by atoms with van der Waals surface area (Å²) in [6, 6.07) is 5.09. The number of methoxy groups -OCH3 is 1. The molecule has 0 saturated heterocycles. The van der Waals surface area contributed by atoms with Crippen LogP contribution in [0.15, 0.2) is 30.6 Å². The van der Waals surface area contributed by atoms with Gasteiger partial charge in [-0.1, -0.05) is 0 Å². The molecule has 0 fully saturated rings. The van der Waals surface area contributed by atoms with E-state index < -0.39 is 11.7 Å². The molecular formula is C12H11F3N2O. The van der Waals surface area contributed by atoms with Crippen LogP contribution < -0.4 is 4.74 Å². The van der Waals surface area contributed by atoms with Crippen LogP contribution in [0.2, 0.25) is 0 Å². The molecule has 0 amide bonds. The Morgan fingerprint density at radius 3 is 2.50 bits per heavy atom. The minimum atomic E-state index is -4.38. The molecule has 0 unspecified atom stereocenters. The summed E-state index contributed by atoms with van der Waals surface area (Å²) in [7, 11) is 1.53. The molecule has 0 spiro atoms. The second-order valence-corrected chi connectivity index (χ2v) is 3.82. The first-order valence-corrected chi connectivity index (χ1v) is 5.18. The highest BCUT2D eigenvalue weighted by Crippen LogP contribution is 2.29. The number of hydrogen-bond donors (Lipinski definition) is 0. The first kappa shape index (κ1) is 12.5. The molecule has 0 aliphatic rings. The molecule has 0 bridgehead atoms. The van der Waals surface area contributed by atoms with Crippen molar-refractivity contribution in [2.45, 2.75) is 13.1 Å². The zero-order valence-electron chi connectivity index (χ0n) is 9.82. The summed E-state index contributed by atoms with van der Waals surface area (Å²) in [6.07, 6.45) is -2.60.